The molecule has 0 aromatic heterocycles. The van der Waals surface area contributed by atoms with Crippen molar-refractivity contribution in [2.45, 2.75) is 33.1 Å². The molecule has 0 atom stereocenters. The number of allylic oxidation sites excluding steroid dienone is 1. The van der Waals surface area contributed by atoms with E-state index in [9.17, 15) is 0 Å². The predicted molar refractivity (Wildman–Crippen MR) is 49.6 cm³/mol. The zero-order chi connectivity index (χ0) is 8.10. The van der Waals surface area contributed by atoms with Crippen LogP contribution >= 0.6 is 0 Å². The van der Waals surface area contributed by atoms with Crippen molar-refractivity contribution in [2.24, 2.45) is 5.92 Å². The summed E-state index contributed by atoms with van der Waals surface area (Å²) in [7, 11) is 0. The van der Waals surface area contributed by atoms with Gasteiger partial charge in [-0.1, -0.05) is 25.0 Å². The second kappa shape index (κ2) is 4.55. The molecule has 11 heavy (non-hydrogen) atoms. The van der Waals surface area contributed by atoms with Crippen LogP contribution in [-0.2, 0) is 0 Å². The topological polar surface area (TPSA) is 12.0 Å². The molecule has 0 aromatic carbocycles. The van der Waals surface area contributed by atoms with Gasteiger partial charge < -0.3 is 5.32 Å². The van der Waals surface area contributed by atoms with Crippen LogP contribution in [0.5, 0.6) is 0 Å². The van der Waals surface area contributed by atoms with Gasteiger partial charge in [0.05, 0.1) is 0 Å². The zero-order valence-electron chi connectivity index (χ0n) is 7.69. The minimum absolute atomic E-state index is 0.911. The highest BCUT2D eigenvalue weighted by Crippen LogP contribution is 2.28. The summed E-state index contributed by atoms with van der Waals surface area (Å²) in [6, 6.07) is 0. The Hall–Kier alpha value is -0.300. The molecule has 1 aliphatic rings. The Labute approximate surface area is 69.9 Å². The lowest BCUT2D eigenvalue weighted by molar-refractivity contribution is 0.385. The van der Waals surface area contributed by atoms with Gasteiger partial charge >= 0.3 is 0 Å². The van der Waals surface area contributed by atoms with Crippen molar-refractivity contribution in [1.82, 2.24) is 5.32 Å². The van der Waals surface area contributed by atoms with Gasteiger partial charge in [0.25, 0.3) is 0 Å². The number of likely N-dealkylation sites (N-methyl/N-ethyl adjacent to an activating group) is 1. The normalized spacial score (nSPS) is 20.0. The summed E-state index contributed by atoms with van der Waals surface area (Å²) in [6.45, 7) is 6.53. The van der Waals surface area contributed by atoms with Crippen molar-refractivity contribution in [3.63, 3.8) is 0 Å². The Balaban J connectivity index is 2.15. The van der Waals surface area contributed by atoms with E-state index in [4.69, 9.17) is 0 Å². The van der Waals surface area contributed by atoms with Crippen molar-refractivity contribution in [2.75, 3.05) is 13.1 Å². The molecule has 1 rings (SSSR count). The third kappa shape index (κ3) is 3.06. The largest absolute Gasteiger partial charge is 0.313 e. The molecule has 0 spiro atoms. The summed E-state index contributed by atoms with van der Waals surface area (Å²) in [5.74, 6) is 0.911. The van der Waals surface area contributed by atoms with Crippen LogP contribution in [0.25, 0.3) is 0 Å². The van der Waals surface area contributed by atoms with Gasteiger partial charge in [0, 0.05) is 6.54 Å². The molecule has 0 saturated heterocycles. The van der Waals surface area contributed by atoms with E-state index < -0.39 is 0 Å². The van der Waals surface area contributed by atoms with Crippen molar-refractivity contribution >= 4 is 0 Å². The molecule has 1 N–H and O–H groups in total. The minimum Gasteiger partial charge on any atom is -0.313 e. The highest BCUT2D eigenvalue weighted by molar-refractivity contribution is 5.04. The van der Waals surface area contributed by atoms with E-state index in [1.54, 1.807) is 0 Å². The summed E-state index contributed by atoms with van der Waals surface area (Å²) in [4.78, 5) is 0. The summed E-state index contributed by atoms with van der Waals surface area (Å²) in [6.07, 6.45) is 6.72. The van der Waals surface area contributed by atoms with E-state index in [2.05, 4.69) is 25.2 Å². The molecule has 0 bridgehead atoms. The molecule has 0 heterocycles. The average Bonchev–Trinajstić information content (AvgIpc) is 1.93. The minimum atomic E-state index is 0.911. The SMILES string of the molecule is CCNC/C(C)=C/C1CCC1. The Bertz CT molecular complexity index is 134. The van der Waals surface area contributed by atoms with Crippen LogP contribution in [0.15, 0.2) is 11.6 Å². The van der Waals surface area contributed by atoms with Crippen LogP contribution in [0.2, 0.25) is 0 Å². The maximum Gasteiger partial charge on any atom is 0.0161 e. The molecule has 1 fully saturated rings. The summed E-state index contributed by atoms with van der Waals surface area (Å²) < 4.78 is 0. The van der Waals surface area contributed by atoms with Gasteiger partial charge in [-0.25, -0.2) is 0 Å². The second-order valence-corrected chi connectivity index (χ2v) is 3.48. The molecule has 0 amide bonds. The van der Waals surface area contributed by atoms with Gasteiger partial charge in [0.1, 0.15) is 0 Å². The van der Waals surface area contributed by atoms with Crippen molar-refractivity contribution < 1.29 is 0 Å². The third-order valence-electron chi connectivity index (χ3n) is 2.32. The van der Waals surface area contributed by atoms with Gasteiger partial charge in [-0.15, -0.1) is 0 Å². The molecular weight excluding hydrogens is 134 g/mol. The van der Waals surface area contributed by atoms with E-state index in [0.717, 1.165) is 19.0 Å². The lowest BCUT2D eigenvalue weighted by Gasteiger charge is -2.22. The molecule has 1 heteroatoms. The standard InChI is InChI=1S/C10H19N/c1-3-11-8-9(2)7-10-5-4-6-10/h7,10-11H,3-6,8H2,1-2H3/b9-7+. The van der Waals surface area contributed by atoms with E-state index in [0.29, 0.717) is 0 Å². The maximum absolute atomic E-state index is 3.33. The first kappa shape index (κ1) is 8.79. The quantitative estimate of drug-likeness (QED) is 0.611. The lowest BCUT2D eigenvalue weighted by Crippen LogP contribution is -2.16. The molecule has 1 nitrogen and oxygen atoms in total. The first-order valence-corrected chi connectivity index (χ1v) is 4.71. The van der Waals surface area contributed by atoms with Gasteiger partial charge in [-0.05, 0) is 32.2 Å². The van der Waals surface area contributed by atoms with Crippen LogP contribution in [-0.4, -0.2) is 13.1 Å². The second-order valence-electron chi connectivity index (χ2n) is 3.48. The van der Waals surface area contributed by atoms with E-state index in [-0.39, 0.29) is 0 Å². The van der Waals surface area contributed by atoms with Crippen LogP contribution in [0, 0.1) is 5.92 Å². The summed E-state index contributed by atoms with van der Waals surface area (Å²) in [5.41, 5.74) is 1.51. The third-order valence-corrected chi connectivity index (χ3v) is 2.32. The summed E-state index contributed by atoms with van der Waals surface area (Å²) in [5, 5.41) is 3.33. The monoisotopic (exact) mass is 153 g/mol. The van der Waals surface area contributed by atoms with Crippen LogP contribution < -0.4 is 5.32 Å². The van der Waals surface area contributed by atoms with Crippen LogP contribution in [0.3, 0.4) is 0 Å². The molecular formula is C10H19N. The Morgan fingerprint density at radius 1 is 1.55 bits per heavy atom. The first-order valence-electron chi connectivity index (χ1n) is 4.71. The van der Waals surface area contributed by atoms with Crippen LogP contribution in [0.1, 0.15) is 33.1 Å². The Kier molecular flexibility index (Phi) is 3.64. The average molecular weight is 153 g/mol. The molecule has 1 saturated carbocycles. The molecule has 1 aliphatic carbocycles. The highest BCUT2D eigenvalue weighted by Gasteiger charge is 2.13. The molecule has 0 aliphatic heterocycles. The number of hydrogen-bond donors (Lipinski definition) is 1. The van der Waals surface area contributed by atoms with Crippen molar-refractivity contribution in [3.05, 3.63) is 11.6 Å². The number of rotatable bonds is 4. The van der Waals surface area contributed by atoms with Gasteiger partial charge in [0.15, 0.2) is 0 Å². The predicted octanol–water partition coefficient (Wildman–Crippen LogP) is 2.34. The van der Waals surface area contributed by atoms with E-state index >= 15 is 0 Å². The van der Waals surface area contributed by atoms with E-state index in [1.807, 2.05) is 0 Å². The number of hydrogen-bond acceptors (Lipinski definition) is 1. The lowest BCUT2D eigenvalue weighted by atomic mass is 9.84. The molecule has 0 aromatic rings. The fraction of sp³-hybridized carbons (Fsp3) is 0.800. The smallest absolute Gasteiger partial charge is 0.0161 e. The molecule has 0 radical (unpaired) electrons. The number of nitrogens with one attached hydrogen (secondary N) is 1. The zero-order valence-corrected chi connectivity index (χ0v) is 7.69. The van der Waals surface area contributed by atoms with Crippen molar-refractivity contribution in [1.29, 1.82) is 0 Å². The molecule has 0 unspecified atom stereocenters. The fourth-order valence-electron chi connectivity index (χ4n) is 1.39. The van der Waals surface area contributed by atoms with Crippen molar-refractivity contribution in [3.8, 4) is 0 Å². The van der Waals surface area contributed by atoms with E-state index in [1.165, 1.54) is 24.8 Å². The maximum atomic E-state index is 3.33. The Morgan fingerprint density at radius 2 is 2.27 bits per heavy atom. The fourth-order valence-corrected chi connectivity index (χ4v) is 1.39. The highest BCUT2D eigenvalue weighted by atomic mass is 14.8. The van der Waals surface area contributed by atoms with Crippen LogP contribution in [0.4, 0.5) is 0 Å². The summed E-state index contributed by atoms with van der Waals surface area (Å²) >= 11 is 0. The van der Waals surface area contributed by atoms with Gasteiger partial charge in [-0.2, -0.15) is 0 Å². The first-order chi connectivity index (χ1) is 5.33. The molecule has 64 valence electrons. The van der Waals surface area contributed by atoms with Gasteiger partial charge in [0.2, 0.25) is 0 Å². The van der Waals surface area contributed by atoms with Gasteiger partial charge in [-0.3, -0.25) is 0 Å². The Morgan fingerprint density at radius 3 is 2.73 bits per heavy atom.